The van der Waals surface area contributed by atoms with E-state index in [-0.39, 0.29) is 0 Å². The standard InChI is InChI=1S/C19H16ClN3O/c1-11-18(12(2)24-23-11)15-8-16-14(9-21-19(16)22-10-15)7-13-5-3-4-6-17(13)20/h3-6,8-10H,7H2,1-2H3,(H,21,22). The van der Waals surface area contributed by atoms with Gasteiger partial charge in [0, 0.05) is 40.4 Å². The highest BCUT2D eigenvalue weighted by atomic mass is 35.5. The first-order valence-corrected chi connectivity index (χ1v) is 8.14. The Hall–Kier alpha value is -2.59. The molecular formula is C19H16ClN3O. The fourth-order valence-corrected chi connectivity index (χ4v) is 3.29. The predicted molar refractivity (Wildman–Crippen MR) is 95.3 cm³/mol. The van der Waals surface area contributed by atoms with Crippen LogP contribution in [0.4, 0.5) is 0 Å². The Kier molecular flexibility index (Phi) is 3.62. The number of hydrogen-bond donors (Lipinski definition) is 1. The lowest BCUT2D eigenvalue weighted by molar-refractivity contribution is 0.393. The Bertz CT molecular complexity index is 1010. The highest BCUT2D eigenvalue weighted by molar-refractivity contribution is 6.31. The molecular weight excluding hydrogens is 322 g/mol. The molecule has 0 aliphatic carbocycles. The number of hydrogen-bond acceptors (Lipinski definition) is 3. The second-order valence-corrected chi connectivity index (χ2v) is 6.31. The lowest BCUT2D eigenvalue weighted by atomic mass is 10.0. The maximum Gasteiger partial charge on any atom is 0.141 e. The Morgan fingerprint density at radius 2 is 2.00 bits per heavy atom. The van der Waals surface area contributed by atoms with E-state index in [9.17, 15) is 0 Å². The van der Waals surface area contributed by atoms with Crippen molar-refractivity contribution in [3.8, 4) is 11.1 Å². The second kappa shape index (κ2) is 5.80. The molecule has 0 amide bonds. The van der Waals surface area contributed by atoms with Crippen LogP contribution in [0.25, 0.3) is 22.2 Å². The minimum absolute atomic E-state index is 0.756. The van der Waals surface area contributed by atoms with Gasteiger partial charge in [-0.3, -0.25) is 0 Å². The van der Waals surface area contributed by atoms with E-state index in [4.69, 9.17) is 16.1 Å². The van der Waals surface area contributed by atoms with Crippen LogP contribution in [0, 0.1) is 13.8 Å². The first kappa shape index (κ1) is 15.0. The van der Waals surface area contributed by atoms with Crippen LogP contribution in [0.3, 0.4) is 0 Å². The van der Waals surface area contributed by atoms with E-state index in [0.29, 0.717) is 0 Å². The number of aromatic amines is 1. The van der Waals surface area contributed by atoms with Gasteiger partial charge in [-0.25, -0.2) is 4.98 Å². The molecule has 120 valence electrons. The number of fused-ring (bicyclic) bond motifs is 1. The molecule has 0 radical (unpaired) electrons. The van der Waals surface area contributed by atoms with Gasteiger partial charge < -0.3 is 9.51 Å². The molecule has 3 heterocycles. The number of halogens is 1. The van der Waals surface area contributed by atoms with Crippen molar-refractivity contribution in [2.75, 3.05) is 0 Å². The Labute approximate surface area is 144 Å². The fraction of sp³-hybridized carbons (Fsp3) is 0.158. The molecule has 0 fully saturated rings. The van der Waals surface area contributed by atoms with Gasteiger partial charge in [0.2, 0.25) is 0 Å². The average Bonchev–Trinajstić information content (AvgIpc) is 3.13. The van der Waals surface area contributed by atoms with Crippen molar-refractivity contribution in [1.82, 2.24) is 15.1 Å². The third kappa shape index (κ3) is 2.49. The molecule has 0 saturated carbocycles. The molecule has 5 heteroatoms. The van der Waals surface area contributed by atoms with E-state index in [1.165, 1.54) is 5.56 Å². The number of rotatable bonds is 3. The lowest BCUT2D eigenvalue weighted by Gasteiger charge is -2.04. The monoisotopic (exact) mass is 337 g/mol. The minimum atomic E-state index is 0.756. The number of pyridine rings is 1. The zero-order valence-electron chi connectivity index (χ0n) is 13.4. The van der Waals surface area contributed by atoms with Crippen LogP contribution in [0.1, 0.15) is 22.6 Å². The number of benzene rings is 1. The van der Waals surface area contributed by atoms with Gasteiger partial charge in [-0.2, -0.15) is 0 Å². The lowest BCUT2D eigenvalue weighted by Crippen LogP contribution is -1.89. The largest absolute Gasteiger partial charge is 0.361 e. The van der Waals surface area contributed by atoms with Crippen molar-refractivity contribution in [2.45, 2.75) is 20.3 Å². The highest BCUT2D eigenvalue weighted by Gasteiger charge is 2.14. The van der Waals surface area contributed by atoms with E-state index in [1.807, 2.05) is 50.5 Å². The molecule has 1 aromatic carbocycles. The second-order valence-electron chi connectivity index (χ2n) is 5.90. The first-order valence-electron chi connectivity index (χ1n) is 7.76. The summed E-state index contributed by atoms with van der Waals surface area (Å²) in [6, 6.07) is 10.0. The van der Waals surface area contributed by atoms with Gasteiger partial charge in [-0.1, -0.05) is 35.0 Å². The molecule has 0 spiro atoms. The zero-order valence-corrected chi connectivity index (χ0v) is 14.2. The SMILES string of the molecule is Cc1noc(C)c1-c1cnc2[nH]cc(Cc3ccccc3Cl)c2c1. The topological polar surface area (TPSA) is 54.7 Å². The van der Waals surface area contributed by atoms with Crippen LogP contribution < -0.4 is 0 Å². The first-order chi connectivity index (χ1) is 11.6. The van der Waals surface area contributed by atoms with Crippen LogP contribution >= 0.6 is 11.6 Å². The van der Waals surface area contributed by atoms with Crippen molar-refractivity contribution in [1.29, 1.82) is 0 Å². The highest BCUT2D eigenvalue weighted by Crippen LogP contribution is 2.30. The third-order valence-corrected chi connectivity index (χ3v) is 4.65. The molecule has 4 aromatic rings. The van der Waals surface area contributed by atoms with Gasteiger partial charge in [0.1, 0.15) is 11.4 Å². The minimum Gasteiger partial charge on any atom is -0.361 e. The molecule has 24 heavy (non-hydrogen) atoms. The Morgan fingerprint density at radius 3 is 2.75 bits per heavy atom. The van der Waals surface area contributed by atoms with Crippen molar-refractivity contribution < 1.29 is 4.52 Å². The van der Waals surface area contributed by atoms with Gasteiger partial charge in [-0.05, 0) is 37.1 Å². The van der Waals surface area contributed by atoms with Gasteiger partial charge in [0.15, 0.2) is 0 Å². The van der Waals surface area contributed by atoms with E-state index in [2.05, 4.69) is 21.2 Å². The van der Waals surface area contributed by atoms with Gasteiger partial charge in [0.25, 0.3) is 0 Å². The smallest absolute Gasteiger partial charge is 0.141 e. The van der Waals surface area contributed by atoms with Crippen molar-refractivity contribution in [2.24, 2.45) is 0 Å². The zero-order chi connectivity index (χ0) is 16.7. The number of nitrogens with zero attached hydrogens (tertiary/aromatic N) is 2. The Morgan fingerprint density at radius 1 is 1.17 bits per heavy atom. The molecule has 0 aliphatic heterocycles. The molecule has 1 N–H and O–H groups in total. The Balaban J connectivity index is 1.81. The molecule has 4 nitrogen and oxygen atoms in total. The summed E-state index contributed by atoms with van der Waals surface area (Å²) in [5.41, 5.74) is 6.03. The molecule has 0 unspecified atom stereocenters. The molecule has 0 atom stereocenters. The summed E-state index contributed by atoms with van der Waals surface area (Å²) >= 11 is 6.30. The van der Waals surface area contributed by atoms with E-state index in [0.717, 1.165) is 50.6 Å². The van der Waals surface area contributed by atoms with Gasteiger partial charge in [0.05, 0.1) is 5.69 Å². The van der Waals surface area contributed by atoms with Crippen LogP contribution in [0.15, 0.2) is 47.2 Å². The summed E-state index contributed by atoms with van der Waals surface area (Å²) in [6.07, 6.45) is 4.61. The maximum atomic E-state index is 6.30. The van der Waals surface area contributed by atoms with Gasteiger partial charge in [-0.15, -0.1) is 0 Å². The van der Waals surface area contributed by atoms with Crippen LogP contribution in [0.2, 0.25) is 5.02 Å². The maximum absolute atomic E-state index is 6.30. The molecule has 4 rings (SSSR count). The van der Waals surface area contributed by atoms with Crippen molar-refractivity contribution in [3.05, 3.63) is 70.3 Å². The number of aryl methyl sites for hydroxylation is 2. The van der Waals surface area contributed by atoms with Gasteiger partial charge >= 0.3 is 0 Å². The normalized spacial score (nSPS) is 11.3. The quantitative estimate of drug-likeness (QED) is 0.567. The van der Waals surface area contributed by atoms with Crippen LogP contribution in [-0.4, -0.2) is 15.1 Å². The number of H-pyrrole nitrogens is 1. The molecule has 0 aliphatic rings. The number of aromatic nitrogens is 3. The summed E-state index contributed by atoms with van der Waals surface area (Å²) < 4.78 is 5.28. The summed E-state index contributed by atoms with van der Waals surface area (Å²) in [4.78, 5) is 7.78. The van der Waals surface area contributed by atoms with E-state index in [1.54, 1.807) is 0 Å². The fourth-order valence-electron chi connectivity index (χ4n) is 3.08. The van der Waals surface area contributed by atoms with E-state index < -0.39 is 0 Å². The number of nitrogens with one attached hydrogen (secondary N) is 1. The average molecular weight is 338 g/mol. The van der Waals surface area contributed by atoms with E-state index >= 15 is 0 Å². The summed E-state index contributed by atoms with van der Waals surface area (Å²) in [6.45, 7) is 3.86. The predicted octanol–water partition coefficient (Wildman–Crippen LogP) is 5.08. The molecule has 3 aromatic heterocycles. The summed E-state index contributed by atoms with van der Waals surface area (Å²) in [5, 5.41) is 5.90. The molecule has 0 bridgehead atoms. The summed E-state index contributed by atoms with van der Waals surface area (Å²) in [5.74, 6) is 0.803. The third-order valence-electron chi connectivity index (χ3n) is 4.28. The van der Waals surface area contributed by atoms with Crippen LogP contribution in [0.5, 0.6) is 0 Å². The van der Waals surface area contributed by atoms with Crippen LogP contribution in [-0.2, 0) is 6.42 Å². The van der Waals surface area contributed by atoms with Crippen molar-refractivity contribution >= 4 is 22.6 Å². The molecule has 0 saturated heterocycles. The summed E-state index contributed by atoms with van der Waals surface area (Å²) in [7, 11) is 0. The van der Waals surface area contributed by atoms with Crippen molar-refractivity contribution in [3.63, 3.8) is 0 Å².